The van der Waals surface area contributed by atoms with Crippen LogP contribution in [-0.2, 0) is 19.2 Å². The van der Waals surface area contributed by atoms with E-state index >= 15 is 0 Å². The van der Waals surface area contributed by atoms with Crippen molar-refractivity contribution >= 4 is 35.0 Å². The Bertz CT molecular complexity index is 807. The number of allylic oxidation sites excluding steroid dienone is 2. The predicted octanol–water partition coefficient (Wildman–Crippen LogP) is 1.54. The van der Waals surface area contributed by atoms with Gasteiger partial charge >= 0.3 is 0 Å². The lowest BCUT2D eigenvalue weighted by atomic mass is 9.85. The molecule has 2 aliphatic rings. The van der Waals surface area contributed by atoms with Gasteiger partial charge in [-0.3, -0.25) is 24.1 Å². The molecule has 0 bridgehead atoms. The number of benzene rings is 1. The fourth-order valence-electron chi connectivity index (χ4n) is 3.44. The molecule has 142 valence electrons. The number of rotatable bonds is 5. The molecule has 2 atom stereocenters. The Morgan fingerprint density at radius 3 is 2.30 bits per heavy atom. The summed E-state index contributed by atoms with van der Waals surface area (Å²) in [5, 5.41) is 5.27. The molecule has 1 saturated heterocycles. The van der Waals surface area contributed by atoms with Crippen molar-refractivity contribution in [3.8, 4) is 5.75 Å². The average Bonchev–Trinajstić information content (AvgIpc) is 2.87. The number of anilines is 2. The first-order chi connectivity index (χ1) is 12.9. The lowest BCUT2D eigenvalue weighted by Crippen LogP contribution is -2.38. The molecule has 2 N–H and O–H groups in total. The summed E-state index contributed by atoms with van der Waals surface area (Å²) in [6.07, 6.45) is 4.85. The number of carbonyl (C=O) groups is 4. The molecule has 1 fully saturated rings. The van der Waals surface area contributed by atoms with E-state index in [4.69, 9.17) is 4.74 Å². The quantitative estimate of drug-likeness (QED) is 0.603. The first kappa shape index (κ1) is 18.6. The Kier molecular flexibility index (Phi) is 5.25. The molecule has 0 saturated carbocycles. The van der Waals surface area contributed by atoms with E-state index in [0.717, 1.165) is 4.90 Å². The van der Waals surface area contributed by atoms with Gasteiger partial charge in [0.15, 0.2) is 0 Å². The molecule has 8 heteroatoms. The molecule has 1 aliphatic heterocycles. The van der Waals surface area contributed by atoms with Gasteiger partial charge in [-0.05, 0) is 31.0 Å². The second-order valence-corrected chi connectivity index (χ2v) is 6.56. The first-order valence-corrected chi connectivity index (χ1v) is 8.66. The van der Waals surface area contributed by atoms with E-state index in [1.807, 2.05) is 12.2 Å². The van der Waals surface area contributed by atoms with Crippen LogP contribution in [-0.4, -0.2) is 42.2 Å². The molecule has 0 radical (unpaired) electrons. The summed E-state index contributed by atoms with van der Waals surface area (Å²) in [7, 11) is 1.45. The monoisotopic (exact) mass is 371 g/mol. The van der Waals surface area contributed by atoms with E-state index in [1.54, 1.807) is 18.2 Å². The molecule has 1 heterocycles. The number of methoxy groups -OCH3 is 1. The van der Waals surface area contributed by atoms with Crippen LogP contribution in [0, 0.1) is 11.8 Å². The Balaban J connectivity index is 1.71. The van der Waals surface area contributed by atoms with Crippen LogP contribution in [0.3, 0.4) is 0 Å². The Hall–Kier alpha value is -3.16. The minimum absolute atomic E-state index is 0.248. The van der Waals surface area contributed by atoms with Gasteiger partial charge in [-0.25, -0.2) is 0 Å². The van der Waals surface area contributed by atoms with Crippen molar-refractivity contribution in [1.82, 2.24) is 4.90 Å². The van der Waals surface area contributed by atoms with E-state index in [-0.39, 0.29) is 36.1 Å². The normalized spacial score (nSPS) is 21.0. The van der Waals surface area contributed by atoms with Crippen molar-refractivity contribution in [2.75, 3.05) is 24.3 Å². The highest BCUT2D eigenvalue weighted by Crippen LogP contribution is 2.35. The summed E-state index contributed by atoms with van der Waals surface area (Å²) < 4.78 is 5.21. The predicted molar refractivity (Wildman–Crippen MR) is 98.0 cm³/mol. The molecule has 8 nitrogen and oxygen atoms in total. The fraction of sp³-hybridized carbons (Fsp3) is 0.368. The largest absolute Gasteiger partial charge is 0.495 e. The van der Waals surface area contributed by atoms with Crippen LogP contribution in [0.15, 0.2) is 30.4 Å². The zero-order chi connectivity index (χ0) is 19.6. The van der Waals surface area contributed by atoms with E-state index in [9.17, 15) is 19.2 Å². The van der Waals surface area contributed by atoms with Crippen molar-refractivity contribution < 1.29 is 23.9 Å². The van der Waals surface area contributed by atoms with Gasteiger partial charge in [0.05, 0.1) is 24.6 Å². The van der Waals surface area contributed by atoms with Crippen LogP contribution in [0.25, 0.3) is 0 Å². The summed E-state index contributed by atoms with van der Waals surface area (Å²) in [5.74, 6) is -1.70. The number of carbonyl (C=O) groups excluding carboxylic acids is 4. The van der Waals surface area contributed by atoms with Crippen molar-refractivity contribution in [1.29, 1.82) is 0 Å². The van der Waals surface area contributed by atoms with Crippen molar-refractivity contribution in [3.05, 3.63) is 30.4 Å². The third-order valence-electron chi connectivity index (χ3n) is 4.69. The number of amides is 4. The number of fused-ring (bicyclic) bond motifs is 1. The second kappa shape index (κ2) is 7.61. The zero-order valence-corrected chi connectivity index (χ0v) is 15.2. The summed E-state index contributed by atoms with van der Waals surface area (Å²) in [6.45, 7) is 1.03. The van der Waals surface area contributed by atoms with Crippen LogP contribution < -0.4 is 15.4 Å². The molecular formula is C19H21N3O5. The summed E-state index contributed by atoms with van der Waals surface area (Å²) in [4.78, 5) is 49.6. The second-order valence-electron chi connectivity index (χ2n) is 6.56. The molecule has 1 aromatic carbocycles. The zero-order valence-electron chi connectivity index (χ0n) is 15.2. The molecule has 0 unspecified atom stereocenters. The fourth-order valence-corrected chi connectivity index (χ4v) is 3.44. The number of nitrogens with one attached hydrogen (secondary N) is 2. The number of ether oxygens (including phenoxy) is 1. The number of likely N-dealkylation sites (tertiary alicyclic amines) is 1. The average molecular weight is 371 g/mol. The molecule has 1 aromatic rings. The maximum Gasteiger partial charge on any atom is 0.244 e. The van der Waals surface area contributed by atoms with Gasteiger partial charge in [0.2, 0.25) is 23.6 Å². The van der Waals surface area contributed by atoms with Crippen molar-refractivity contribution in [2.45, 2.75) is 19.8 Å². The Morgan fingerprint density at radius 2 is 1.74 bits per heavy atom. The van der Waals surface area contributed by atoms with E-state index in [1.165, 1.54) is 14.0 Å². The number of imide groups is 1. The van der Waals surface area contributed by atoms with Crippen LogP contribution in [0.5, 0.6) is 5.75 Å². The third-order valence-corrected chi connectivity index (χ3v) is 4.69. The minimum Gasteiger partial charge on any atom is -0.495 e. The lowest BCUT2D eigenvalue weighted by molar-refractivity contribution is -0.142. The van der Waals surface area contributed by atoms with Gasteiger partial charge in [0, 0.05) is 12.6 Å². The number of nitrogens with zero attached hydrogens (tertiary/aromatic N) is 1. The van der Waals surface area contributed by atoms with Crippen LogP contribution in [0.4, 0.5) is 11.4 Å². The van der Waals surface area contributed by atoms with Gasteiger partial charge in [0.1, 0.15) is 12.3 Å². The summed E-state index contributed by atoms with van der Waals surface area (Å²) >= 11 is 0. The van der Waals surface area contributed by atoms with Gasteiger partial charge in [0.25, 0.3) is 0 Å². The van der Waals surface area contributed by atoms with Gasteiger partial charge < -0.3 is 15.4 Å². The number of hydrogen-bond acceptors (Lipinski definition) is 5. The summed E-state index contributed by atoms with van der Waals surface area (Å²) in [5.41, 5.74) is 0.830. The smallest absolute Gasteiger partial charge is 0.244 e. The van der Waals surface area contributed by atoms with Crippen molar-refractivity contribution in [2.24, 2.45) is 11.8 Å². The standard InChI is InChI=1S/C19H21N3O5/c1-11(23)20-12-7-8-16(27-2)15(9-12)21-17(24)10-22-18(25)13-5-3-4-6-14(13)19(22)26/h3-4,7-9,13-14H,5-6,10H2,1-2H3,(H,20,23)(H,21,24)/t13-,14-/m1/s1. The van der Waals surface area contributed by atoms with Crippen LogP contribution in [0.1, 0.15) is 19.8 Å². The topological polar surface area (TPSA) is 105 Å². The van der Waals surface area contributed by atoms with Gasteiger partial charge in [-0.2, -0.15) is 0 Å². The maximum absolute atomic E-state index is 12.5. The van der Waals surface area contributed by atoms with Crippen molar-refractivity contribution in [3.63, 3.8) is 0 Å². The lowest BCUT2D eigenvalue weighted by Gasteiger charge is -2.16. The third kappa shape index (κ3) is 3.84. The molecule has 3 rings (SSSR count). The Labute approximate surface area is 156 Å². The van der Waals surface area contributed by atoms with Gasteiger partial charge in [-0.1, -0.05) is 12.2 Å². The maximum atomic E-state index is 12.5. The molecule has 0 aromatic heterocycles. The first-order valence-electron chi connectivity index (χ1n) is 8.66. The molecule has 4 amide bonds. The molecule has 0 spiro atoms. The highest BCUT2D eigenvalue weighted by molar-refractivity contribution is 6.09. The highest BCUT2D eigenvalue weighted by atomic mass is 16.5. The highest BCUT2D eigenvalue weighted by Gasteiger charge is 2.47. The SMILES string of the molecule is COc1ccc(NC(C)=O)cc1NC(=O)CN1C(=O)[C@@H]2CC=CC[C@H]2C1=O. The number of hydrogen-bond donors (Lipinski definition) is 2. The molecule has 27 heavy (non-hydrogen) atoms. The Morgan fingerprint density at radius 1 is 1.11 bits per heavy atom. The summed E-state index contributed by atoms with van der Waals surface area (Å²) in [6, 6.07) is 4.80. The molecular weight excluding hydrogens is 350 g/mol. The van der Waals surface area contributed by atoms with E-state index < -0.39 is 5.91 Å². The van der Waals surface area contributed by atoms with Crippen LogP contribution in [0.2, 0.25) is 0 Å². The molecule has 1 aliphatic carbocycles. The van der Waals surface area contributed by atoms with Gasteiger partial charge in [-0.15, -0.1) is 0 Å². The van der Waals surface area contributed by atoms with E-state index in [0.29, 0.717) is 30.0 Å². The minimum atomic E-state index is -0.512. The van der Waals surface area contributed by atoms with E-state index in [2.05, 4.69) is 10.6 Å². The van der Waals surface area contributed by atoms with Crippen LogP contribution >= 0.6 is 0 Å².